The highest BCUT2D eigenvalue weighted by Crippen LogP contribution is 2.33. The molecule has 0 aliphatic rings. The highest BCUT2D eigenvalue weighted by molar-refractivity contribution is 8.00. The Labute approximate surface area is 127 Å². The monoisotopic (exact) mass is 304 g/mol. The first kappa shape index (κ1) is 15.3. The van der Waals surface area contributed by atoms with Crippen molar-refractivity contribution in [1.29, 1.82) is 0 Å². The molecule has 1 aromatic carbocycles. The zero-order chi connectivity index (χ0) is 15.2. The predicted octanol–water partition coefficient (Wildman–Crippen LogP) is 2.83. The van der Waals surface area contributed by atoms with E-state index in [0.29, 0.717) is 16.9 Å². The van der Waals surface area contributed by atoms with Gasteiger partial charge in [0.05, 0.1) is 25.5 Å². The van der Waals surface area contributed by atoms with Crippen LogP contribution in [0.5, 0.6) is 11.8 Å². The molecule has 110 valence electrons. The molecule has 0 aliphatic heterocycles. The molecule has 0 N–H and O–H groups in total. The number of methoxy groups -OCH3 is 2. The fourth-order valence-corrected chi connectivity index (χ4v) is 2.55. The lowest BCUT2D eigenvalue weighted by atomic mass is 10.1. The number of aldehydes is 1. The first-order chi connectivity index (χ1) is 10.2. The molecule has 2 rings (SSSR count). The van der Waals surface area contributed by atoms with E-state index >= 15 is 0 Å². The number of nitrogens with zero attached hydrogens (tertiary/aromatic N) is 2. The molecule has 2 aromatic rings. The quantitative estimate of drug-likeness (QED) is 0.464. The van der Waals surface area contributed by atoms with Crippen LogP contribution in [-0.2, 0) is 4.79 Å². The first-order valence-electron chi connectivity index (χ1n) is 6.32. The summed E-state index contributed by atoms with van der Waals surface area (Å²) in [6.45, 7) is 2.00. The van der Waals surface area contributed by atoms with E-state index in [1.807, 2.05) is 31.2 Å². The molecular formula is C15H16N2O3S. The molecule has 1 heterocycles. The van der Waals surface area contributed by atoms with E-state index in [9.17, 15) is 4.79 Å². The number of aromatic nitrogens is 2. The summed E-state index contributed by atoms with van der Waals surface area (Å²) in [5, 5.41) is 0.0614. The van der Waals surface area contributed by atoms with Crippen LogP contribution in [0.25, 0.3) is 0 Å². The van der Waals surface area contributed by atoms with Crippen molar-refractivity contribution in [3.8, 4) is 11.8 Å². The van der Waals surface area contributed by atoms with Gasteiger partial charge in [-0.05, 0) is 12.5 Å². The standard InChI is InChI=1S/C15H16N2O3S/c1-10-4-6-11(7-5-10)12(9-18)21-15-16-13(19-2)8-14(17-15)20-3/h4-9,12H,1-3H3. The molecule has 0 saturated carbocycles. The van der Waals surface area contributed by atoms with Gasteiger partial charge in [-0.15, -0.1) is 0 Å². The van der Waals surface area contributed by atoms with Gasteiger partial charge in [-0.3, -0.25) is 0 Å². The predicted molar refractivity (Wildman–Crippen MR) is 81.0 cm³/mol. The minimum atomic E-state index is -0.373. The van der Waals surface area contributed by atoms with Gasteiger partial charge in [-0.1, -0.05) is 41.6 Å². The minimum absolute atomic E-state index is 0.373. The molecule has 0 bridgehead atoms. The summed E-state index contributed by atoms with van der Waals surface area (Å²) in [4.78, 5) is 19.8. The van der Waals surface area contributed by atoms with E-state index in [-0.39, 0.29) is 5.25 Å². The van der Waals surface area contributed by atoms with Gasteiger partial charge in [0, 0.05) is 0 Å². The second-order valence-electron chi connectivity index (χ2n) is 4.32. The van der Waals surface area contributed by atoms with E-state index < -0.39 is 0 Å². The van der Waals surface area contributed by atoms with Crippen molar-refractivity contribution < 1.29 is 14.3 Å². The maximum atomic E-state index is 11.4. The summed E-state index contributed by atoms with van der Waals surface area (Å²) < 4.78 is 10.2. The SMILES string of the molecule is COc1cc(OC)nc(SC(C=O)c2ccc(C)cc2)n1. The summed E-state index contributed by atoms with van der Waals surface area (Å²) in [5.41, 5.74) is 2.05. The van der Waals surface area contributed by atoms with E-state index in [4.69, 9.17) is 9.47 Å². The van der Waals surface area contributed by atoms with Gasteiger partial charge in [-0.2, -0.15) is 9.97 Å². The van der Waals surface area contributed by atoms with Gasteiger partial charge in [0.1, 0.15) is 6.29 Å². The zero-order valence-corrected chi connectivity index (χ0v) is 12.9. The summed E-state index contributed by atoms with van der Waals surface area (Å²) in [5.74, 6) is 0.802. The average Bonchev–Trinajstić information content (AvgIpc) is 2.53. The molecule has 0 aliphatic carbocycles. The van der Waals surface area contributed by atoms with E-state index in [1.165, 1.54) is 26.0 Å². The van der Waals surface area contributed by atoms with Crippen molar-refractivity contribution >= 4 is 18.0 Å². The molecule has 0 saturated heterocycles. The van der Waals surface area contributed by atoms with Crippen molar-refractivity contribution in [3.63, 3.8) is 0 Å². The Morgan fingerprint density at radius 3 is 2.14 bits per heavy atom. The third kappa shape index (κ3) is 3.95. The molecule has 5 nitrogen and oxygen atoms in total. The molecular weight excluding hydrogens is 288 g/mol. The summed E-state index contributed by atoms with van der Waals surface area (Å²) >= 11 is 1.26. The largest absolute Gasteiger partial charge is 0.481 e. The average molecular weight is 304 g/mol. The lowest BCUT2D eigenvalue weighted by Gasteiger charge is -2.11. The zero-order valence-electron chi connectivity index (χ0n) is 12.1. The van der Waals surface area contributed by atoms with Crippen LogP contribution < -0.4 is 9.47 Å². The van der Waals surface area contributed by atoms with Crippen LogP contribution >= 0.6 is 11.8 Å². The number of thioether (sulfide) groups is 1. The van der Waals surface area contributed by atoms with E-state index in [1.54, 1.807) is 6.07 Å². The first-order valence-corrected chi connectivity index (χ1v) is 7.20. The minimum Gasteiger partial charge on any atom is -0.481 e. The Balaban J connectivity index is 2.25. The van der Waals surface area contributed by atoms with Gasteiger partial charge in [0.2, 0.25) is 11.8 Å². The second kappa shape index (κ2) is 7.08. The van der Waals surface area contributed by atoms with Crippen LogP contribution in [0.2, 0.25) is 0 Å². The highest BCUT2D eigenvalue weighted by Gasteiger charge is 2.15. The summed E-state index contributed by atoms with van der Waals surface area (Å²) in [6.07, 6.45) is 0.880. The number of rotatable bonds is 6. The summed E-state index contributed by atoms with van der Waals surface area (Å²) in [6, 6.07) is 9.39. The number of benzene rings is 1. The molecule has 1 aromatic heterocycles. The fraction of sp³-hybridized carbons (Fsp3) is 0.267. The smallest absolute Gasteiger partial charge is 0.220 e. The normalized spacial score (nSPS) is 11.8. The van der Waals surface area contributed by atoms with Crippen molar-refractivity contribution in [2.75, 3.05) is 14.2 Å². The fourth-order valence-electron chi connectivity index (χ4n) is 1.69. The third-order valence-corrected chi connectivity index (χ3v) is 3.87. The van der Waals surface area contributed by atoms with Gasteiger partial charge in [0.15, 0.2) is 5.16 Å². The van der Waals surface area contributed by atoms with Crippen molar-refractivity contribution in [3.05, 3.63) is 41.5 Å². The number of ether oxygens (including phenoxy) is 2. The third-order valence-electron chi connectivity index (χ3n) is 2.84. The molecule has 21 heavy (non-hydrogen) atoms. The van der Waals surface area contributed by atoms with Crippen LogP contribution in [0, 0.1) is 6.92 Å². The van der Waals surface area contributed by atoms with Crippen molar-refractivity contribution in [1.82, 2.24) is 9.97 Å². The van der Waals surface area contributed by atoms with Gasteiger partial charge in [-0.25, -0.2) is 0 Å². The van der Waals surface area contributed by atoms with Crippen molar-refractivity contribution in [2.24, 2.45) is 0 Å². The molecule has 1 atom stereocenters. The maximum Gasteiger partial charge on any atom is 0.220 e. The molecule has 1 unspecified atom stereocenters. The van der Waals surface area contributed by atoms with Crippen LogP contribution in [0.3, 0.4) is 0 Å². The van der Waals surface area contributed by atoms with Crippen LogP contribution in [-0.4, -0.2) is 30.5 Å². The topological polar surface area (TPSA) is 61.3 Å². The van der Waals surface area contributed by atoms with Crippen molar-refractivity contribution in [2.45, 2.75) is 17.3 Å². The van der Waals surface area contributed by atoms with Gasteiger partial charge < -0.3 is 14.3 Å². The highest BCUT2D eigenvalue weighted by atomic mass is 32.2. The number of hydrogen-bond donors (Lipinski definition) is 0. The number of aryl methyl sites for hydroxylation is 1. The number of carbonyl (C=O) groups excluding carboxylic acids is 1. The Morgan fingerprint density at radius 1 is 1.10 bits per heavy atom. The molecule has 0 amide bonds. The Hall–Kier alpha value is -2.08. The van der Waals surface area contributed by atoms with Crippen LogP contribution in [0.4, 0.5) is 0 Å². The second-order valence-corrected chi connectivity index (χ2v) is 5.43. The summed E-state index contributed by atoms with van der Waals surface area (Å²) in [7, 11) is 3.04. The molecule has 6 heteroatoms. The van der Waals surface area contributed by atoms with E-state index in [0.717, 1.165) is 17.4 Å². The molecule has 0 radical (unpaired) electrons. The number of carbonyl (C=O) groups is 1. The Kier molecular flexibility index (Phi) is 5.16. The lowest BCUT2D eigenvalue weighted by molar-refractivity contribution is -0.107. The maximum absolute atomic E-state index is 11.4. The van der Waals surface area contributed by atoms with E-state index in [2.05, 4.69) is 9.97 Å². The van der Waals surface area contributed by atoms with Gasteiger partial charge in [0.25, 0.3) is 0 Å². The van der Waals surface area contributed by atoms with Crippen LogP contribution in [0.1, 0.15) is 16.4 Å². The number of hydrogen-bond acceptors (Lipinski definition) is 6. The van der Waals surface area contributed by atoms with Crippen LogP contribution in [0.15, 0.2) is 35.5 Å². The Morgan fingerprint density at radius 2 is 1.67 bits per heavy atom. The van der Waals surface area contributed by atoms with Gasteiger partial charge >= 0.3 is 0 Å². The molecule has 0 fully saturated rings. The lowest BCUT2D eigenvalue weighted by Crippen LogP contribution is -2.00. The Bertz CT molecular complexity index is 595. The molecule has 0 spiro atoms.